The molecule has 1 atom stereocenters. The molecule has 8 heteroatoms. The number of sulfonamides is 1. The number of rotatable bonds is 3. The average Bonchev–Trinajstić information content (AvgIpc) is 2.38. The minimum atomic E-state index is -3.36. The Morgan fingerprint density at radius 3 is 2.37 bits per heavy atom. The first-order valence-corrected chi connectivity index (χ1v) is 10.1. The Hall–Kier alpha value is -0.180. The molecule has 0 radical (unpaired) electrons. The third kappa shape index (κ3) is 3.48. The van der Waals surface area contributed by atoms with E-state index < -0.39 is 25.1 Å². The fourth-order valence-corrected chi connectivity index (χ4v) is 6.67. The van der Waals surface area contributed by atoms with Crippen molar-refractivity contribution < 1.29 is 16.8 Å². The fraction of sp³-hybridized carbons (Fsp3) is 1.00. The van der Waals surface area contributed by atoms with Gasteiger partial charge in [0, 0.05) is 13.1 Å². The molecule has 2 saturated heterocycles. The molecule has 6 nitrogen and oxygen atoms in total. The Morgan fingerprint density at radius 2 is 1.79 bits per heavy atom. The molecular weight excluding hydrogens is 288 g/mol. The van der Waals surface area contributed by atoms with Crippen LogP contribution in [0.3, 0.4) is 0 Å². The molecule has 0 bridgehead atoms. The van der Waals surface area contributed by atoms with Crippen LogP contribution in [0.1, 0.15) is 25.7 Å². The van der Waals surface area contributed by atoms with E-state index in [0.717, 1.165) is 12.8 Å². The van der Waals surface area contributed by atoms with Gasteiger partial charge in [-0.1, -0.05) is 0 Å². The van der Waals surface area contributed by atoms with E-state index in [1.165, 1.54) is 4.31 Å². The minimum Gasteiger partial charge on any atom is -0.330 e. The molecular formula is C11H22N2O4S2. The van der Waals surface area contributed by atoms with Crippen LogP contribution in [0.5, 0.6) is 0 Å². The Bertz CT molecular complexity index is 501. The summed E-state index contributed by atoms with van der Waals surface area (Å²) in [7, 11) is -6.39. The van der Waals surface area contributed by atoms with Crippen LogP contribution in [-0.2, 0) is 19.9 Å². The fourth-order valence-electron chi connectivity index (χ4n) is 2.83. The molecule has 0 spiro atoms. The summed E-state index contributed by atoms with van der Waals surface area (Å²) in [6.07, 6.45) is 2.27. The molecule has 0 aromatic carbocycles. The van der Waals surface area contributed by atoms with E-state index in [4.69, 9.17) is 5.73 Å². The topological polar surface area (TPSA) is 97.5 Å². The number of piperidine rings is 1. The maximum absolute atomic E-state index is 12.5. The molecule has 2 aliphatic rings. The molecule has 112 valence electrons. The van der Waals surface area contributed by atoms with Crippen LogP contribution in [-0.4, -0.2) is 57.5 Å². The van der Waals surface area contributed by atoms with E-state index in [1.807, 2.05) is 0 Å². The van der Waals surface area contributed by atoms with E-state index >= 15 is 0 Å². The first-order valence-electron chi connectivity index (χ1n) is 6.74. The van der Waals surface area contributed by atoms with Crippen LogP contribution in [0.25, 0.3) is 0 Å². The van der Waals surface area contributed by atoms with Crippen LogP contribution < -0.4 is 5.73 Å². The highest BCUT2D eigenvalue weighted by molar-refractivity contribution is 7.92. The lowest BCUT2D eigenvalue weighted by molar-refractivity contribution is 0.268. The van der Waals surface area contributed by atoms with Crippen LogP contribution in [0.4, 0.5) is 0 Å². The number of nitrogens with zero attached hydrogens (tertiary/aromatic N) is 1. The molecule has 0 aromatic rings. The van der Waals surface area contributed by atoms with E-state index in [0.29, 0.717) is 19.6 Å². The van der Waals surface area contributed by atoms with Crippen LogP contribution in [0.2, 0.25) is 0 Å². The second-order valence-corrected chi connectivity index (χ2v) is 10.0. The van der Waals surface area contributed by atoms with Crippen molar-refractivity contribution in [1.82, 2.24) is 4.31 Å². The van der Waals surface area contributed by atoms with Gasteiger partial charge < -0.3 is 5.73 Å². The zero-order valence-electron chi connectivity index (χ0n) is 11.0. The minimum absolute atomic E-state index is 0.00887. The van der Waals surface area contributed by atoms with Gasteiger partial charge in [0.2, 0.25) is 10.0 Å². The van der Waals surface area contributed by atoms with Gasteiger partial charge >= 0.3 is 0 Å². The van der Waals surface area contributed by atoms with Gasteiger partial charge in [0.05, 0.1) is 16.8 Å². The van der Waals surface area contributed by atoms with Crippen molar-refractivity contribution >= 4 is 19.9 Å². The van der Waals surface area contributed by atoms with Gasteiger partial charge in [0.1, 0.15) is 9.84 Å². The molecule has 0 aromatic heterocycles. The number of nitrogens with two attached hydrogens (primary N) is 1. The standard InChI is InChI=1S/C11H22N2O4S2/c12-8-10-2-1-5-13(9-10)19(16,17)11-3-6-18(14,15)7-4-11/h10-11H,1-9,12H2. The van der Waals surface area contributed by atoms with E-state index in [1.54, 1.807) is 0 Å². The Labute approximate surface area is 115 Å². The smallest absolute Gasteiger partial charge is 0.217 e. The van der Waals surface area contributed by atoms with Crippen molar-refractivity contribution in [3.8, 4) is 0 Å². The maximum atomic E-state index is 12.5. The van der Waals surface area contributed by atoms with E-state index in [-0.39, 0.29) is 30.3 Å². The summed E-state index contributed by atoms with van der Waals surface area (Å²) < 4.78 is 49.3. The van der Waals surface area contributed by atoms with Gasteiger partial charge in [-0.15, -0.1) is 0 Å². The molecule has 2 N–H and O–H groups in total. The number of sulfone groups is 1. The van der Waals surface area contributed by atoms with Crippen LogP contribution in [0.15, 0.2) is 0 Å². The maximum Gasteiger partial charge on any atom is 0.217 e. The monoisotopic (exact) mass is 310 g/mol. The van der Waals surface area contributed by atoms with Gasteiger partial charge in [0.15, 0.2) is 0 Å². The molecule has 1 unspecified atom stereocenters. The van der Waals surface area contributed by atoms with Gasteiger partial charge in [0.25, 0.3) is 0 Å². The first kappa shape index (κ1) is 15.2. The zero-order chi connectivity index (χ0) is 14.1. The predicted octanol–water partition coefficient (Wildman–Crippen LogP) is -0.436. The molecule has 2 aliphatic heterocycles. The Morgan fingerprint density at radius 1 is 1.16 bits per heavy atom. The predicted molar refractivity (Wildman–Crippen MR) is 73.9 cm³/mol. The van der Waals surface area contributed by atoms with Crippen molar-refractivity contribution in [1.29, 1.82) is 0 Å². The zero-order valence-corrected chi connectivity index (χ0v) is 12.6. The van der Waals surface area contributed by atoms with Gasteiger partial charge in [-0.2, -0.15) is 0 Å². The summed E-state index contributed by atoms with van der Waals surface area (Å²) >= 11 is 0. The summed E-state index contributed by atoms with van der Waals surface area (Å²) in [5.74, 6) is 0.215. The highest BCUT2D eigenvalue weighted by atomic mass is 32.2. The highest BCUT2D eigenvalue weighted by Gasteiger charge is 2.38. The Kier molecular flexibility index (Phi) is 4.54. The molecule has 2 rings (SSSR count). The summed E-state index contributed by atoms with van der Waals surface area (Å²) in [6.45, 7) is 1.54. The molecule has 2 heterocycles. The number of hydrogen-bond donors (Lipinski definition) is 1. The second-order valence-electron chi connectivity index (χ2n) is 5.50. The largest absolute Gasteiger partial charge is 0.330 e. The normalized spacial score (nSPS) is 30.3. The number of hydrogen-bond acceptors (Lipinski definition) is 5. The summed E-state index contributed by atoms with van der Waals surface area (Å²) in [4.78, 5) is 0. The van der Waals surface area contributed by atoms with Crippen LogP contribution >= 0.6 is 0 Å². The van der Waals surface area contributed by atoms with Gasteiger partial charge in [-0.3, -0.25) is 0 Å². The lowest BCUT2D eigenvalue weighted by Gasteiger charge is -2.35. The highest BCUT2D eigenvalue weighted by Crippen LogP contribution is 2.26. The van der Waals surface area contributed by atoms with Crippen molar-refractivity contribution in [3.05, 3.63) is 0 Å². The average molecular weight is 310 g/mol. The third-order valence-corrected chi connectivity index (χ3v) is 8.18. The van der Waals surface area contributed by atoms with E-state index in [9.17, 15) is 16.8 Å². The summed E-state index contributed by atoms with van der Waals surface area (Å²) in [5, 5.41) is -0.535. The molecule has 0 amide bonds. The molecule has 19 heavy (non-hydrogen) atoms. The lowest BCUT2D eigenvalue weighted by Crippen LogP contribution is -2.47. The van der Waals surface area contributed by atoms with Crippen molar-refractivity contribution in [3.63, 3.8) is 0 Å². The van der Waals surface area contributed by atoms with Crippen molar-refractivity contribution in [2.24, 2.45) is 11.7 Å². The lowest BCUT2D eigenvalue weighted by atomic mass is 10.0. The SMILES string of the molecule is NCC1CCCN(S(=O)(=O)C2CCS(=O)(=O)CC2)C1. The van der Waals surface area contributed by atoms with E-state index in [2.05, 4.69) is 0 Å². The quantitative estimate of drug-likeness (QED) is 0.762. The van der Waals surface area contributed by atoms with Crippen LogP contribution in [0, 0.1) is 5.92 Å². The summed E-state index contributed by atoms with van der Waals surface area (Å²) in [6, 6.07) is 0. The summed E-state index contributed by atoms with van der Waals surface area (Å²) in [5.41, 5.74) is 5.62. The first-order chi connectivity index (χ1) is 8.85. The van der Waals surface area contributed by atoms with Gasteiger partial charge in [-0.25, -0.2) is 21.1 Å². The molecule has 0 aliphatic carbocycles. The Balaban J connectivity index is 2.06. The second kappa shape index (κ2) is 5.67. The van der Waals surface area contributed by atoms with Crippen molar-refractivity contribution in [2.45, 2.75) is 30.9 Å². The third-order valence-electron chi connectivity index (χ3n) is 4.10. The molecule has 0 saturated carbocycles. The molecule has 2 fully saturated rings. The van der Waals surface area contributed by atoms with Gasteiger partial charge in [-0.05, 0) is 38.1 Å². The van der Waals surface area contributed by atoms with Crippen molar-refractivity contribution in [2.75, 3.05) is 31.1 Å².